The molecule has 0 aromatic carbocycles. The second kappa shape index (κ2) is 7.53. The zero-order chi connectivity index (χ0) is 18.6. The Kier molecular flexibility index (Phi) is 4.78. The van der Waals surface area contributed by atoms with Crippen molar-refractivity contribution in [2.45, 2.75) is 25.7 Å². The minimum atomic E-state index is -0.251. The molecule has 0 saturated carbocycles. The van der Waals surface area contributed by atoms with Gasteiger partial charge >= 0.3 is 0 Å². The van der Waals surface area contributed by atoms with E-state index in [1.165, 1.54) is 18.4 Å². The first-order valence-electron chi connectivity index (χ1n) is 9.13. The van der Waals surface area contributed by atoms with Gasteiger partial charge in [0.2, 0.25) is 0 Å². The summed E-state index contributed by atoms with van der Waals surface area (Å²) in [6, 6.07) is 11.2. The van der Waals surface area contributed by atoms with Gasteiger partial charge in [-0.2, -0.15) is 5.10 Å². The molecule has 0 saturated heterocycles. The number of nitrogens with zero attached hydrogens (tertiary/aromatic N) is 4. The molecule has 1 N–H and O–H groups in total. The molecule has 3 heterocycles. The van der Waals surface area contributed by atoms with Crippen molar-refractivity contribution in [2.24, 2.45) is 7.05 Å². The maximum absolute atomic E-state index is 12.8. The number of amides is 1. The summed E-state index contributed by atoms with van der Waals surface area (Å²) in [7, 11) is 1.82. The van der Waals surface area contributed by atoms with Crippen LogP contribution in [0, 0.1) is 0 Å². The lowest BCUT2D eigenvalue weighted by Crippen LogP contribution is -2.14. The zero-order valence-corrected chi connectivity index (χ0v) is 15.2. The van der Waals surface area contributed by atoms with Crippen LogP contribution in [0.1, 0.15) is 41.9 Å². The van der Waals surface area contributed by atoms with Gasteiger partial charge in [-0.05, 0) is 55.5 Å². The van der Waals surface area contributed by atoms with Crippen LogP contribution in [-0.2, 0) is 7.05 Å². The lowest BCUT2D eigenvalue weighted by molar-refractivity contribution is 0.102. The van der Waals surface area contributed by atoms with Crippen molar-refractivity contribution in [3.8, 4) is 11.4 Å². The van der Waals surface area contributed by atoms with E-state index < -0.39 is 0 Å². The van der Waals surface area contributed by atoms with E-state index >= 15 is 0 Å². The average Bonchev–Trinajstić information content (AvgIpc) is 3.09. The van der Waals surface area contributed by atoms with Crippen LogP contribution in [0.3, 0.4) is 0 Å². The standard InChI is InChI=1S/C21H21N5O/c1-26-14-19(20(25-26)17-10-5-6-13-22-17)24-21(27)18-12-7-11-16(23-18)15-8-3-2-4-9-15/h5-8,10-14H,2-4,9H2,1H3,(H,24,27). The minimum Gasteiger partial charge on any atom is -0.317 e. The smallest absolute Gasteiger partial charge is 0.274 e. The predicted molar refractivity (Wildman–Crippen MR) is 105 cm³/mol. The highest BCUT2D eigenvalue weighted by atomic mass is 16.1. The Balaban J connectivity index is 1.59. The molecule has 1 aliphatic rings. The SMILES string of the molecule is Cn1cc(NC(=O)c2cccc(C3=CCCCC3)n2)c(-c2ccccn2)n1. The van der Waals surface area contributed by atoms with Crippen LogP contribution in [0.5, 0.6) is 0 Å². The molecule has 136 valence electrons. The van der Waals surface area contributed by atoms with Crippen LogP contribution in [-0.4, -0.2) is 25.7 Å². The van der Waals surface area contributed by atoms with Crippen LogP contribution in [0.25, 0.3) is 17.0 Å². The van der Waals surface area contributed by atoms with E-state index in [1.807, 2.05) is 37.4 Å². The van der Waals surface area contributed by atoms with E-state index in [-0.39, 0.29) is 5.91 Å². The van der Waals surface area contributed by atoms with Gasteiger partial charge in [0.05, 0.1) is 17.1 Å². The largest absolute Gasteiger partial charge is 0.317 e. The van der Waals surface area contributed by atoms with Gasteiger partial charge in [-0.25, -0.2) is 4.98 Å². The van der Waals surface area contributed by atoms with Crippen LogP contribution < -0.4 is 5.32 Å². The van der Waals surface area contributed by atoms with E-state index in [0.717, 1.165) is 18.5 Å². The Morgan fingerprint density at radius 1 is 1.11 bits per heavy atom. The Labute approximate surface area is 158 Å². The number of nitrogens with one attached hydrogen (secondary N) is 1. The van der Waals surface area contributed by atoms with Crippen molar-refractivity contribution in [1.82, 2.24) is 19.7 Å². The van der Waals surface area contributed by atoms with Gasteiger partial charge in [0.15, 0.2) is 0 Å². The molecule has 0 atom stereocenters. The van der Waals surface area contributed by atoms with Gasteiger partial charge in [-0.15, -0.1) is 0 Å². The third-order valence-electron chi connectivity index (χ3n) is 4.59. The Bertz CT molecular complexity index is 991. The summed E-state index contributed by atoms with van der Waals surface area (Å²) >= 11 is 0. The monoisotopic (exact) mass is 359 g/mol. The number of aryl methyl sites for hydroxylation is 1. The van der Waals surface area contributed by atoms with Crippen LogP contribution in [0.15, 0.2) is 54.9 Å². The third-order valence-corrected chi connectivity index (χ3v) is 4.59. The van der Waals surface area contributed by atoms with E-state index in [2.05, 4.69) is 26.5 Å². The number of carbonyl (C=O) groups is 1. The molecule has 3 aromatic rings. The average molecular weight is 359 g/mol. The molecule has 1 amide bonds. The van der Waals surface area contributed by atoms with E-state index in [0.29, 0.717) is 22.8 Å². The highest BCUT2D eigenvalue weighted by molar-refractivity contribution is 6.04. The number of hydrogen-bond donors (Lipinski definition) is 1. The highest BCUT2D eigenvalue weighted by Gasteiger charge is 2.16. The Morgan fingerprint density at radius 2 is 2.00 bits per heavy atom. The second-order valence-electron chi connectivity index (χ2n) is 6.62. The number of rotatable bonds is 4. The summed E-state index contributed by atoms with van der Waals surface area (Å²) in [5.41, 5.74) is 4.48. The summed E-state index contributed by atoms with van der Waals surface area (Å²) in [6.45, 7) is 0. The molecule has 0 unspecified atom stereocenters. The molecular formula is C21H21N5O. The Morgan fingerprint density at radius 3 is 2.78 bits per heavy atom. The molecule has 3 aromatic heterocycles. The topological polar surface area (TPSA) is 72.7 Å². The molecule has 0 spiro atoms. The van der Waals surface area contributed by atoms with Gasteiger partial charge in [0, 0.05) is 19.4 Å². The fourth-order valence-corrected chi connectivity index (χ4v) is 3.27. The maximum Gasteiger partial charge on any atom is 0.274 e. The van der Waals surface area contributed by atoms with Crippen molar-refractivity contribution in [3.05, 3.63) is 66.3 Å². The molecule has 6 heteroatoms. The van der Waals surface area contributed by atoms with E-state index in [9.17, 15) is 4.79 Å². The van der Waals surface area contributed by atoms with Gasteiger partial charge in [-0.3, -0.25) is 14.5 Å². The summed E-state index contributed by atoms with van der Waals surface area (Å²) in [5, 5.41) is 7.36. The van der Waals surface area contributed by atoms with Crippen LogP contribution >= 0.6 is 0 Å². The zero-order valence-electron chi connectivity index (χ0n) is 15.2. The van der Waals surface area contributed by atoms with Crippen molar-refractivity contribution < 1.29 is 4.79 Å². The number of aromatic nitrogens is 4. The van der Waals surface area contributed by atoms with Gasteiger partial charge < -0.3 is 5.32 Å². The summed E-state index contributed by atoms with van der Waals surface area (Å²) in [6.07, 6.45) is 10.2. The third kappa shape index (κ3) is 3.79. The number of anilines is 1. The fraction of sp³-hybridized carbons (Fsp3) is 0.238. The summed E-state index contributed by atoms with van der Waals surface area (Å²) < 4.78 is 1.66. The van der Waals surface area contributed by atoms with Gasteiger partial charge in [0.25, 0.3) is 5.91 Å². The second-order valence-corrected chi connectivity index (χ2v) is 6.62. The van der Waals surface area contributed by atoms with Crippen molar-refractivity contribution >= 4 is 17.2 Å². The van der Waals surface area contributed by atoms with Gasteiger partial charge in [-0.1, -0.05) is 18.2 Å². The lowest BCUT2D eigenvalue weighted by Gasteiger charge is -2.13. The van der Waals surface area contributed by atoms with Crippen LogP contribution in [0.2, 0.25) is 0 Å². The predicted octanol–water partition coefficient (Wildman–Crippen LogP) is 4.09. The summed E-state index contributed by atoms with van der Waals surface area (Å²) in [5.74, 6) is -0.251. The molecule has 6 nitrogen and oxygen atoms in total. The molecular weight excluding hydrogens is 338 g/mol. The first-order valence-corrected chi connectivity index (χ1v) is 9.13. The number of carbonyl (C=O) groups excluding carboxylic acids is 1. The normalized spacial score (nSPS) is 13.9. The Hall–Kier alpha value is -3.28. The quantitative estimate of drug-likeness (QED) is 0.761. The molecule has 0 fully saturated rings. The van der Waals surface area contributed by atoms with Crippen LogP contribution in [0.4, 0.5) is 5.69 Å². The first-order chi connectivity index (χ1) is 13.2. The first kappa shape index (κ1) is 17.1. The number of pyridine rings is 2. The number of hydrogen-bond acceptors (Lipinski definition) is 4. The molecule has 27 heavy (non-hydrogen) atoms. The van der Waals surface area contributed by atoms with Gasteiger partial charge in [0.1, 0.15) is 11.4 Å². The van der Waals surface area contributed by atoms with E-state index in [4.69, 9.17) is 0 Å². The van der Waals surface area contributed by atoms with Crippen molar-refractivity contribution in [1.29, 1.82) is 0 Å². The van der Waals surface area contributed by atoms with Crippen molar-refractivity contribution in [3.63, 3.8) is 0 Å². The molecule has 0 aliphatic heterocycles. The minimum absolute atomic E-state index is 0.251. The van der Waals surface area contributed by atoms with E-state index in [1.54, 1.807) is 23.1 Å². The molecule has 1 aliphatic carbocycles. The molecule has 4 rings (SSSR count). The molecule has 0 bridgehead atoms. The summed E-state index contributed by atoms with van der Waals surface area (Å²) in [4.78, 5) is 21.7. The van der Waals surface area contributed by atoms with Crippen molar-refractivity contribution in [2.75, 3.05) is 5.32 Å². The lowest BCUT2D eigenvalue weighted by atomic mass is 9.97. The molecule has 0 radical (unpaired) electrons. The maximum atomic E-state index is 12.8. The number of allylic oxidation sites excluding steroid dienone is 2. The highest BCUT2D eigenvalue weighted by Crippen LogP contribution is 2.27. The fourth-order valence-electron chi connectivity index (χ4n) is 3.27.